The number of hydrogen-bond donors (Lipinski definition) is 2. The van der Waals surface area contributed by atoms with E-state index in [0.717, 1.165) is 0 Å². The Morgan fingerprint density at radius 2 is 2.11 bits per heavy atom. The Morgan fingerprint density at radius 3 is 2.56 bits per heavy atom. The molecule has 1 amide bonds. The summed E-state index contributed by atoms with van der Waals surface area (Å²) in [5.41, 5.74) is 0. The van der Waals surface area contributed by atoms with Crippen molar-refractivity contribution in [2.75, 3.05) is 26.7 Å². The van der Waals surface area contributed by atoms with Crippen molar-refractivity contribution in [1.82, 2.24) is 10.6 Å². The summed E-state index contributed by atoms with van der Waals surface area (Å²) in [5.74, 6) is -0.440. The maximum Gasteiger partial charge on any atom is 0.249 e. The van der Waals surface area contributed by atoms with Gasteiger partial charge in [-0.15, -0.1) is 0 Å². The van der Waals surface area contributed by atoms with E-state index in [1.807, 2.05) is 0 Å². The predicted molar refractivity (Wildman–Crippen MR) is 32.5 cm³/mol. The van der Waals surface area contributed by atoms with Gasteiger partial charge < -0.3 is 10.6 Å². The number of likely N-dealkylation sites (N-methyl/N-ethyl adjacent to an activating group) is 1. The van der Waals surface area contributed by atoms with Crippen LogP contribution in [0.15, 0.2) is 0 Å². The second-order valence-corrected chi connectivity index (χ2v) is 1.60. The lowest BCUT2D eigenvalue weighted by Crippen LogP contribution is -2.31. The van der Waals surface area contributed by atoms with Gasteiger partial charge in [0.25, 0.3) is 0 Å². The average molecular weight is 131 g/mol. The van der Waals surface area contributed by atoms with Crippen LogP contribution in [0.4, 0.5) is 0 Å². The van der Waals surface area contributed by atoms with Crippen molar-refractivity contribution >= 4 is 5.91 Å². The fourth-order valence-corrected chi connectivity index (χ4v) is 0.378. The van der Waals surface area contributed by atoms with Crippen molar-refractivity contribution in [2.24, 2.45) is 0 Å². The zero-order valence-corrected chi connectivity index (χ0v) is 5.44. The van der Waals surface area contributed by atoms with Crippen LogP contribution in [0.25, 0.3) is 0 Å². The predicted octanol–water partition coefficient (Wildman–Crippen LogP) is -1.25. The minimum absolute atomic E-state index is 0.440. The fraction of sp³-hybridized carbons (Fsp3) is 0.800. The Bertz CT molecular complexity index is 85.0. The molecular weight excluding hydrogens is 120 g/mol. The minimum atomic E-state index is -0.677. The summed E-state index contributed by atoms with van der Waals surface area (Å²) in [6.45, 7) is 0.549. The van der Waals surface area contributed by atoms with Crippen molar-refractivity contribution < 1.29 is 9.90 Å². The highest BCUT2D eigenvalue weighted by Gasteiger charge is 1.94. The van der Waals surface area contributed by atoms with Crippen LogP contribution in [-0.2, 0) is 9.90 Å². The lowest BCUT2D eigenvalue weighted by Gasteiger charge is -1.99. The quantitative estimate of drug-likeness (QED) is 0.468. The molecule has 4 nitrogen and oxygen atoms in total. The van der Waals surface area contributed by atoms with Gasteiger partial charge in [0.15, 0.2) is 6.61 Å². The van der Waals surface area contributed by atoms with Crippen LogP contribution in [0.2, 0.25) is 0 Å². The molecule has 53 valence electrons. The molecule has 0 atom stereocenters. The first-order valence-electron chi connectivity index (χ1n) is 2.80. The lowest BCUT2D eigenvalue weighted by molar-refractivity contribution is -0.125. The third kappa shape index (κ3) is 5.26. The molecule has 4 heteroatoms. The number of rotatable bonds is 4. The molecule has 0 aromatic rings. The molecule has 0 bridgehead atoms. The highest BCUT2D eigenvalue weighted by Crippen LogP contribution is 1.60. The van der Waals surface area contributed by atoms with E-state index in [-0.39, 0.29) is 0 Å². The first-order chi connectivity index (χ1) is 4.31. The summed E-state index contributed by atoms with van der Waals surface area (Å²) in [5, 5.41) is 15.0. The van der Waals surface area contributed by atoms with Gasteiger partial charge in [0.2, 0.25) is 5.91 Å². The van der Waals surface area contributed by atoms with Gasteiger partial charge in [-0.2, -0.15) is 0 Å². The molecule has 0 unspecified atom stereocenters. The molecule has 0 aromatic heterocycles. The van der Waals surface area contributed by atoms with Crippen molar-refractivity contribution in [3.63, 3.8) is 0 Å². The third-order valence-electron chi connectivity index (χ3n) is 0.828. The Morgan fingerprint density at radius 1 is 1.44 bits per heavy atom. The van der Waals surface area contributed by atoms with Crippen LogP contribution in [0, 0.1) is 0 Å². The Labute approximate surface area is 54.3 Å². The third-order valence-corrected chi connectivity index (χ3v) is 0.828. The largest absolute Gasteiger partial charge is 0.353 e. The summed E-state index contributed by atoms with van der Waals surface area (Å²) in [6.07, 6.45) is 0. The van der Waals surface area contributed by atoms with Gasteiger partial charge in [-0.25, -0.2) is 5.11 Å². The summed E-state index contributed by atoms with van der Waals surface area (Å²) in [4.78, 5) is 10.2. The molecule has 0 spiro atoms. The number of amides is 1. The summed E-state index contributed by atoms with van der Waals surface area (Å²) >= 11 is 0. The van der Waals surface area contributed by atoms with Gasteiger partial charge in [0, 0.05) is 13.1 Å². The lowest BCUT2D eigenvalue weighted by atomic mass is 10.5. The topological polar surface area (TPSA) is 61.0 Å². The smallest absolute Gasteiger partial charge is 0.249 e. The van der Waals surface area contributed by atoms with Crippen LogP contribution >= 0.6 is 0 Å². The molecule has 0 aliphatic rings. The molecule has 0 saturated heterocycles. The second-order valence-electron chi connectivity index (χ2n) is 1.60. The zero-order chi connectivity index (χ0) is 7.11. The van der Waals surface area contributed by atoms with E-state index in [9.17, 15) is 9.90 Å². The van der Waals surface area contributed by atoms with Crippen molar-refractivity contribution in [3.8, 4) is 0 Å². The fourth-order valence-electron chi connectivity index (χ4n) is 0.378. The van der Waals surface area contributed by atoms with Gasteiger partial charge in [-0.05, 0) is 7.05 Å². The number of hydrogen-bond acceptors (Lipinski definition) is 2. The van der Waals surface area contributed by atoms with E-state index in [2.05, 4.69) is 10.6 Å². The standard InChI is InChI=1S/C5H11N2O2/c1-6-2-3-7-5(9)4-8/h6H,2-4H2,1H3,(H,7,9). The molecular formula is C5H11N2O2. The van der Waals surface area contributed by atoms with Gasteiger partial charge in [0.1, 0.15) is 0 Å². The van der Waals surface area contributed by atoms with Crippen LogP contribution < -0.4 is 10.6 Å². The van der Waals surface area contributed by atoms with Crippen molar-refractivity contribution in [3.05, 3.63) is 0 Å². The van der Waals surface area contributed by atoms with E-state index in [4.69, 9.17) is 0 Å². The molecule has 0 aromatic carbocycles. The maximum absolute atomic E-state index is 10.2. The first-order valence-corrected chi connectivity index (χ1v) is 2.80. The maximum atomic E-state index is 10.2. The molecule has 0 rings (SSSR count). The van der Waals surface area contributed by atoms with Gasteiger partial charge >= 0.3 is 0 Å². The summed E-state index contributed by atoms with van der Waals surface area (Å²) in [7, 11) is 1.78. The van der Waals surface area contributed by atoms with Gasteiger partial charge in [-0.3, -0.25) is 4.79 Å². The second kappa shape index (κ2) is 5.53. The van der Waals surface area contributed by atoms with Crippen LogP contribution in [0.1, 0.15) is 0 Å². The van der Waals surface area contributed by atoms with E-state index >= 15 is 0 Å². The highest BCUT2D eigenvalue weighted by atomic mass is 16.3. The Hall–Kier alpha value is -0.610. The number of nitrogens with one attached hydrogen (secondary N) is 2. The van der Waals surface area contributed by atoms with Crippen LogP contribution in [0.5, 0.6) is 0 Å². The van der Waals surface area contributed by atoms with Crippen LogP contribution in [0.3, 0.4) is 0 Å². The molecule has 0 aliphatic carbocycles. The molecule has 1 radical (unpaired) electrons. The van der Waals surface area contributed by atoms with Crippen molar-refractivity contribution in [2.45, 2.75) is 0 Å². The Kier molecular flexibility index (Phi) is 5.15. The average Bonchev–Trinajstić information content (AvgIpc) is 1.89. The minimum Gasteiger partial charge on any atom is -0.353 e. The number of carbonyl (C=O) groups excluding carboxylic acids is 1. The molecule has 0 heterocycles. The first kappa shape index (κ1) is 8.39. The van der Waals surface area contributed by atoms with E-state index in [1.165, 1.54) is 0 Å². The van der Waals surface area contributed by atoms with Crippen molar-refractivity contribution in [1.29, 1.82) is 0 Å². The van der Waals surface area contributed by atoms with Crippen LogP contribution in [-0.4, -0.2) is 32.7 Å². The molecule has 0 saturated carbocycles. The molecule has 9 heavy (non-hydrogen) atoms. The zero-order valence-electron chi connectivity index (χ0n) is 5.44. The molecule has 0 fully saturated rings. The Balaban J connectivity index is 2.97. The van der Waals surface area contributed by atoms with Gasteiger partial charge in [0.05, 0.1) is 0 Å². The van der Waals surface area contributed by atoms with E-state index in [1.54, 1.807) is 7.05 Å². The molecule has 2 N–H and O–H groups in total. The summed E-state index contributed by atoms with van der Waals surface area (Å²) in [6, 6.07) is 0. The van der Waals surface area contributed by atoms with E-state index in [0.29, 0.717) is 13.1 Å². The monoisotopic (exact) mass is 131 g/mol. The summed E-state index contributed by atoms with van der Waals surface area (Å²) < 4.78 is 0. The normalized spacial score (nSPS) is 9.11. The highest BCUT2D eigenvalue weighted by molar-refractivity contribution is 5.76. The SMILES string of the molecule is CNCCNC(=O)C[O]. The van der Waals surface area contributed by atoms with E-state index < -0.39 is 12.5 Å². The number of carbonyl (C=O) groups is 1. The van der Waals surface area contributed by atoms with Gasteiger partial charge in [-0.1, -0.05) is 0 Å². The molecule has 0 aliphatic heterocycles.